The molecule has 0 bridgehead atoms. The largest absolute Gasteiger partial charge is 0.313 e. The highest BCUT2D eigenvalue weighted by atomic mass is 15.3. The van der Waals surface area contributed by atoms with Gasteiger partial charge in [0, 0.05) is 25.4 Å². The summed E-state index contributed by atoms with van der Waals surface area (Å²) in [5, 5.41) is 7.96. The summed E-state index contributed by atoms with van der Waals surface area (Å²) in [6.45, 7) is 4.29. The SMILES string of the molecule is CCc1nn(C)cc1CNCCCC1CC1. The van der Waals surface area contributed by atoms with Crippen LogP contribution in [0.15, 0.2) is 6.20 Å². The molecule has 1 aliphatic rings. The first-order chi connectivity index (χ1) is 7.79. The molecule has 90 valence electrons. The normalized spacial score (nSPS) is 15.6. The van der Waals surface area contributed by atoms with Gasteiger partial charge in [0.15, 0.2) is 0 Å². The minimum absolute atomic E-state index is 0.974. The maximum absolute atomic E-state index is 4.44. The molecule has 3 nitrogen and oxygen atoms in total. The Balaban J connectivity index is 1.66. The van der Waals surface area contributed by atoms with E-state index in [2.05, 4.69) is 23.5 Å². The van der Waals surface area contributed by atoms with E-state index in [0.29, 0.717) is 0 Å². The molecule has 1 fully saturated rings. The van der Waals surface area contributed by atoms with E-state index in [4.69, 9.17) is 0 Å². The molecule has 0 aromatic carbocycles. The fraction of sp³-hybridized carbons (Fsp3) is 0.769. The van der Waals surface area contributed by atoms with Crippen molar-refractivity contribution in [3.63, 3.8) is 0 Å². The van der Waals surface area contributed by atoms with Crippen LogP contribution in [0.3, 0.4) is 0 Å². The van der Waals surface area contributed by atoms with Gasteiger partial charge in [-0.2, -0.15) is 5.10 Å². The molecule has 3 heteroatoms. The zero-order valence-electron chi connectivity index (χ0n) is 10.5. The average molecular weight is 221 g/mol. The van der Waals surface area contributed by atoms with Crippen molar-refractivity contribution < 1.29 is 0 Å². The summed E-state index contributed by atoms with van der Waals surface area (Å²) in [5.41, 5.74) is 2.59. The van der Waals surface area contributed by atoms with Crippen molar-refractivity contribution in [3.05, 3.63) is 17.5 Å². The van der Waals surface area contributed by atoms with Gasteiger partial charge in [0.2, 0.25) is 0 Å². The highest BCUT2D eigenvalue weighted by Crippen LogP contribution is 2.33. The molecule has 0 radical (unpaired) electrons. The van der Waals surface area contributed by atoms with Gasteiger partial charge in [-0.05, 0) is 31.7 Å². The zero-order valence-corrected chi connectivity index (χ0v) is 10.5. The molecule has 0 unspecified atom stereocenters. The maximum Gasteiger partial charge on any atom is 0.0666 e. The minimum atomic E-state index is 0.974. The quantitative estimate of drug-likeness (QED) is 0.716. The summed E-state index contributed by atoms with van der Waals surface area (Å²) in [6, 6.07) is 0. The predicted octanol–water partition coefficient (Wildman–Crippen LogP) is 2.26. The molecular weight excluding hydrogens is 198 g/mol. The Morgan fingerprint density at radius 3 is 3.00 bits per heavy atom. The first kappa shape index (κ1) is 11.6. The summed E-state index contributed by atoms with van der Waals surface area (Å²) >= 11 is 0. The van der Waals surface area contributed by atoms with Gasteiger partial charge in [0.05, 0.1) is 5.69 Å². The molecule has 0 aliphatic heterocycles. The fourth-order valence-corrected chi connectivity index (χ4v) is 2.17. The number of hydrogen-bond acceptors (Lipinski definition) is 2. The van der Waals surface area contributed by atoms with Gasteiger partial charge in [0.25, 0.3) is 0 Å². The lowest BCUT2D eigenvalue weighted by atomic mass is 10.2. The third-order valence-corrected chi connectivity index (χ3v) is 3.30. The third kappa shape index (κ3) is 3.34. The van der Waals surface area contributed by atoms with Crippen LogP contribution < -0.4 is 5.32 Å². The van der Waals surface area contributed by atoms with E-state index in [9.17, 15) is 0 Å². The topological polar surface area (TPSA) is 29.9 Å². The summed E-state index contributed by atoms with van der Waals surface area (Å²) < 4.78 is 1.92. The van der Waals surface area contributed by atoms with E-state index in [-0.39, 0.29) is 0 Å². The summed E-state index contributed by atoms with van der Waals surface area (Å²) in [5.74, 6) is 1.06. The number of rotatable bonds is 7. The van der Waals surface area contributed by atoms with E-state index in [1.54, 1.807) is 0 Å². The van der Waals surface area contributed by atoms with Gasteiger partial charge in [0.1, 0.15) is 0 Å². The third-order valence-electron chi connectivity index (χ3n) is 3.30. The second-order valence-electron chi connectivity index (χ2n) is 4.89. The molecule has 0 spiro atoms. The van der Waals surface area contributed by atoms with Gasteiger partial charge in [-0.3, -0.25) is 4.68 Å². The van der Waals surface area contributed by atoms with Gasteiger partial charge in [-0.25, -0.2) is 0 Å². The van der Waals surface area contributed by atoms with Crippen LogP contribution in [0.1, 0.15) is 43.9 Å². The van der Waals surface area contributed by atoms with Gasteiger partial charge >= 0.3 is 0 Å². The Morgan fingerprint density at radius 2 is 2.31 bits per heavy atom. The standard InChI is InChI=1S/C13H23N3/c1-3-13-12(10-16(2)15-13)9-14-8-4-5-11-6-7-11/h10-11,14H,3-9H2,1-2H3. The van der Waals surface area contributed by atoms with Gasteiger partial charge in [-0.1, -0.05) is 19.8 Å². The van der Waals surface area contributed by atoms with E-state index < -0.39 is 0 Å². The molecule has 1 aromatic heterocycles. The van der Waals surface area contributed by atoms with Crippen LogP contribution in [-0.4, -0.2) is 16.3 Å². The molecule has 1 aliphatic carbocycles. The number of nitrogens with one attached hydrogen (secondary N) is 1. The van der Waals surface area contributed by atoms with Crippen LogP contribution in [0, 0.1) is 5.92 Å². The summed E-state index contributed by atoms with van der Waals surface area (Å²) in [7, 11) is 2.00. The van der Waals surface area contributed by atoms with Crippen molar-refractivity contribution in [3.8, 4) is 0 Å². The van der Waals surface area contributed by atoms with Crippen molar-refractivity contribution in [1.82, 2.24) is 15.1 Å². The van der Waals surface area contributed by atoms with Crippen molar-refractivity contribution >= 4 is 0 Å². The molecule has 1 heterocycles. The Hall–Kier alpha value is -0.830. The Bertz CT molecular complexity index is 326. The minimum Gasteiger partial charge on any atom is -0.313 e. The molecule has 1 saturated carbocycles. The Labute approximate surface area is 98.2 Å². The Morgan fingerprint density at radius 1 is 1.50 bits per heavy atom. The Kier molecular flexibility index (Phi) is 3.99. The molecule has 2 rings (SSSR count). The second kappa shape index (κ2) is 5.48. The summed E-state index contributed by atoms with van der Waals surface area (Å²) in [4.78, 5) is 0. The molecule has 1 N–H and O–H groups in total. The molecule has 0 saturated heterocycles. The first-order valence-electron chi connectivity index (χ1n) is 6.51. The second-order valence-corrected chi connectivity index (χ2v) is 4.89. The van der Waals surface area contributed by atoms with E-state index in [1.807, 2.05) is 11.7 Å². The van der Waals surface area contributed by atoms with Crippen LogP contribution in [0.4, 0.5) is 0 Å². The van der Waals surface area contributed by atoms with Crippen molar-refractivity contribution in [2.45, 2.75) is 45.6 Å². The lowest BCUT2D eigenvalue weighted by Crippen LogP contribution is -2.15. The lowest BCUT2D eigenvalue weighted by Gasteiger charge is -2.03. The monoisotopic (exact) mass is 221 g/mol. The maximum atomic E-state index is 4.44. The lowest BCUT2D eigenvalue weighted by molar-refractivity contribution is 0.592. The number of aromatic nitrogens is 2. The number of nitrogens with zero attached hydrogens (tertiary/aromatic N) is 2. The van der Waals surface area contributed by atoms with Crippen molar-refractivity contribution in [2.24, 2.45) is 13.0 Å². The average Bonchev–Trinajstić information content (AvgIpc) is 3.01. The van der Waals surface area contributed by atoms with E-state index in [1.165, 1.54) is 36.9 Å². The predicted molar refractivity (Wildman–Crippen MR) is 66.3 cm³/mol. The van der Waals surface area contributed by atoms with Crippen LogP contribution >= 0.6 is 0 Å². The fourth-order valence-electron chi connectivity index (χ4n) is 2.17. The number of hydrogen-bond donors (Lipinski definition) is 1. The van der Waals surface area contributed by atoms with E-state index in [0.717, 1.165) is 25.4 Å². The highest BCUT2D eigenvalue weighted by molar-refractivity contribution is 5.16. The van der Waals surface area contributed by atoms with Gasteiger partial charge < -0.3 is 5.32 Å². The van der Waals surface area contributed by atoms with Crippen molar-refractivity contribution in [1.29, 1.82) is 0 Å². The molecule has 1 aromatic rings. The van der Waals surface area contributed by atoms with Crippen LogP contribution in [0.5, 0.6) is 0 Å². The first-order valence-corrected chi connectivity index (χ1v) is 6.51. The zero-order chi connectivity index (χ0) is 11.4. The van der Waals surface area contributed by atoms with E-state index >= 15 is 0 Å². The molecule has 0 amide bonds. The van der Waals surface area contributed by atoms with Crippen LogP contribution in [0.2, 0.25) is 0 Å². The summed E-state index contributed by atoms with van der Waals surface area (Å²) in [6.07, 6.45) is 8.85. The number of aryl methyl sites for hydroxylation is 2. The smallest absolute Gasteiger partial charge is 0.0666 e. The van der Waals surface area contributed by atoms with Crippen LogP contribution in [-0.2, 0) is 20.0 Å². The highest BCUT2D eigenvalue weighted by Gasteiger charge is 2.19. The molecule has 0 atom stereocenters. The molecule has 16 heavy (non-hydrogen) atoms. The van der Waals surface area contributed by atoms with Gasteiger partial charge in [-0.15, -0.1) is 0 Å². The molecular formula is C13H23N3. The van der Waals surface area contributed by atoms with Crippen molar-refractivity contribution in [2.75, 3.05) is 6.54 Å². The van der Waals surface area contributed by atoms with Crippen LogP contribution in [0.25, 0.3) is 0 Å².